The number of nitrogens with one attached hydrogen (secondary N) is 1. The molecule has 2 heterocycles. The molecule has 27 heavy (non-hydrogen) atoms. The zero-order valence-corrected chi connectivity index (χ0v) is 15.5. The van der Waals surface area contributed by atoms with Crippen molar-refractivity contribution in [2.45, 2.75) is 26.7 Å². The van der Waals surface area contributed by atoms with E-state index in [1.165, 1.54) is 0 Å². The van der Waals surface area contributed by atoms with Crippen molar-refractivity contribution in [2.75, 3.05) is 16.8 Å². The number of amides is 2. The van der Waals surface area contributed by atoms with Crippen LogP contribution < -0.4 is 10.2 Å². The topological polar surface area (TPSA) is 62.3 Å². The Morgan fingerprint density at radius 1 is 1.11 bits per heavy atom. The average molecular weight is 359 g/mol. The van der Waals surface area contributed by atoms with Gasteiger partial charge in [0, 0.05) is 29.7 Å². The molecule has 1 aromatic heterocycles. The number of aryl methyl sites for hydroxylation is 2. The van der Waals surface area contributed by atoms with Crippen LogP contribution in [0.5, 0.6) is 0 Å². The van der Waals surface area contributed by atoms with E-state index in [2.05, 4.69) is 10.3 Å². The molecule has 0 aliphatic carbocycles. The number of fused-ring (bicyclic) bond motifs is 1. The van der Waals surface area contributed by atoms with Crippen molar-refractivity contribution in [3.05, 3.63) is 65.4 Å². The van der Waals surface area contributed by atoms with Crippen LogP contribution in [0.1, 0.15) is 34.5 Å². The smallest absolute Gasteiger partial charge is 0.257 e. The zero-order valence-electron chi connectivity index (χ0n) is 15.5. The summed E-state index contributed by atoms with van der Waals surface area (Å²) in [6, 6.07) is 15.3. The third-order valence-electron chi connectivity index (χ3n) is 4.89. The van der Waals surface area contributed by atoms with Gasteiger partial charge in [-0.05, 0) is 56.7 Å². The van der Waals surface area contributed by atoms with Gasteiger partial charge in [0.15, 0.2) is 0 Å². The molecule has 136 valence electrons. The molecule has 0 bridgehead atoms. The Morgan fingerprint density at radius 3 is 2.74 bits per heavy atom. The number of benzene rings is 2. The third kappa shape index (κ3) is 3.40. The van der Waals surface area contributed by atoms with Gasteiger partial charge >= 0.3 is 0 Å². The number of aromatic nitrogens is 1. The van der Waals surface area contributed by atoms with Crippen LogP contribution in [0.3, 0.4) is 0 Å². The summed E-state index contributed by atoms with van der Waals surface area (Å²) in [5.74, 6) is -0.0725. The lowest BCUT2D eigenvalue weighted by Crippen LogP contribution is -2.23. The predicted molar refractivity (Wildman–Crippen MR) is 107 cm³/mol. The summed E-state index contributed by atoms with van der Waals surface area (Å²) in [6.07, 6.45) is 1.45. The van der Waals surface area contributed by atoms with Crippen LogP contribution in [-0.2, 0) is 4.79 Å². The van der Waals surface area contributed by atoms with E-state index in [1.807, 2.05) is 62.4 Å². The number of rotatable bonds is 3. The molecule has 2 amide bonds. The molecule has 0 atom stereocenters. The lowest BCUT2D eigenvalue weighted by Gasteiger charge is -2.17. The average Bonchev–Trinajstić information content (AvgIpc) is 3.07. The number of pyridine rings is 1. The van der Waals surface area contributed by atoms with Crippen LogP contribution in [-0.4, -0.2) is 23.3 Å². The molecular weight excluding hydrogens is 338 g/mol. The van der Waals surface area contributed by atoms with E-state index in [0.717, 1.165) is 35.1 Å². The first-order chi connectivity index (χ1) is 13.0. The first-order valence-electron chi connectivity index (χ1n) is 9.11. The number of carbonyl (C=O) groups is 2. The second kappa shape index (κ2) is 6.83. The summed E-state index contributed by atoms with van der Waals surface area (Å²) >= 11 is 0. The molecule has 1 fully saturated rings. The minimum absolute atomic E-state index is 0.128. The number of hydrogen-bond donors (Lipinski definition) is 1. The highest BCUT2D eigenvalue weighted by atomic mass is 16.2. The van der Waals surface area contributed by atoms with Crippen LogP contribution in [0.2, 0.25) is 0 Å². The van der Waals surface area contributed by atoms with Gasteiger partial charge in [0.2, 0.25) is 5.91 Å². The summed E-state index contributed by atoms with van der Waals surface area (Å²) in [7, 11) is 0. The molecule has 0 radical (unpaired) electrons. The molecule has 2 aromatic carbocycles. The van der Waals surface area contributed by atoms with Gasteiger partial charge in [-0.15, -0.1) is 0 Å². The van der Waals surface area contributed by atoms with Crippen LogP contribution in [0, 0.1) is 13.8 Å². The van der Waals surface area contributed by atoms with Crippen molar-refractivity contribution in [3.8, 4) is 0 Å². The van der Waals surface area contributed by atoms with E-state index >= 15 is 0 Å². The predicted octanol–water partition coefficient (Wildman–Crippen LogP) is 4.23. The van der Waals surface area contributed by atoms with Crippen LogP contribution in [0.25, 0.3) is 10.9 Å². The highest BCUT2D eigenvalue weighted by molar-refractivity contribution is 6.07. The first-order valence-corrected chi connectivity index (χ1v) is 9.11. The summed E-state index contributed by atoms with van der Waals surface area (Å²) in [4.78, 5) is 31.1. The van der Waals surface area contributed by atoms with Crippen molar-refractivity contribution in [3.63, 3.8) is 0 Å². The maximum absolute atomic E-state index is 12.8. The van der Waals surface area contributed by atoms with Crippen molar-refractivity contribution in [1.82, 2.24) is 4.98 Å². The van der Waals surface area contributed by atoms with Crippen LogP contribution in [0.4, 0.5) is 11.4 Å². The van der Waals surface area contributed by atoms with Gasteiger partial charge in [0.05, 0.1) is 16.8 Å². The lowest BCUT2D eigenvalue weighted by atomic mass is 10.1. The van der Waals surface area contributed by atoms with Gasteiger partial charge in [-0.3, -0.25) is 14.6 Å². The standard InChI is InChI=1S/C22H21N3O2/c1-14-8-9-20-16(11-14)12-19(15(2)23-20)22(27)24-17-5-3-6-18(13-17)25-10-4-7-21(25)26/h3,5-6,8-9,11-13H,4,7,10H2,1-2H3,(H,24,27). The number of anilines is 2. The van der Waals surface area contributed by atoms with Gasteiger partial charge < -0.3 is 10.2 Å². The fraction of sp³-hybridized carbons (Fsp3) is 0.227. The van der Waals surface area contributed by atoms with E-state index in [0.29, 0.717) is 23.4 Å². The van der Waals surface area contributed by atoms with E-state index < -0.39 is 0 Å². The Labute approximate surface area is 158 Å². The molecule has 5 heteroatoms. The highest BCUT2D eigenvalue weighted by Gasteiger charge is 2.22. The lowest BCUT2D eigenvalue weighted by molar-refractivity contribution is -0.117. The van der Waals surface area contributed by atoms with Crippen molar-refractivity contribution in [1.29, 1.82) is 0 Å². The van der Waals surface area contributed by atoms with E-state index in [9.17, 15) is 9.59 Å². The monoisotopic (exact) mass is 359 g/mol. The van der Waals surface area contributed by atoms with Crippen molar-refractivity contribution in [2.24, 2.45) is 0 Å². The highest BCUT2D eigenvalue weighted by Crippen LogP contribution is 2.25. The maximum atomic E-state index is 12.8. The largest absolute Gasteiger partial charge is 0.322 e. The fourth-order valence-corrected chi connectivity index (χ4v) is 3.49. The van der Waals surface area contributed by atoms with Gasteiger partial charge in [0.1, 0.15) is 0 Å². The van der Waals surface area contributed by atoms with E-state index in [1.54, 1.807) is 4.90 Å². The van der Waals surface area contributed by atoms with Gasteiger partial charge in [-0.1, -0.05) is 17.7 Å². The number of nitrogens with zero attached hydrogens (tertiary/aromatic N) is 2. The molecule has 1 saturated heterocycles. The maximum Gasteiger partial charge on any atom is 0.257 e. The van der Waals surface area contributed by atoms with Gasteiger partial charge in [0.25, 0.3) is 5.91 Å². The SMILES string of the molecule is Cc1ccc2nc(C)c(C(=O)Nc3cccc(N4CCCC4=O)c3)cc2c1. The minimum Gasteiger partial charge on any atom is -0.322 e. The Morgan fingerprint density at radius 2 is 1.96 bits per heavy atom. The van der Waals surface area contributed by atoms with Crippen LogP contribution >= 0.6 is 0 Å². The van der Waals surface area contributed by atoms with Crippen molar-refractivity contribution >= 4 is 34.1 Å². The molecule has 4 rings (SSSR count). The number of carbonyl (C=O) groups excluding carboxylic acids is 2. The van der Waals surface area contributed by atoms with Gasteiger partial charge in [-0.25, -0.2) is 0 Å². The van der Waals surface area contributed by atoms with Gasteiger partial charge in [-0.2, -0.15) is 0 Å². The minimum atomic E-state index is -0.201. The Balaban J connectivity index is 1.61. The zero-order chi connectivity index (χ0) is 19.0. The van der Waals surface area contributed by atoms with Crippen LogP contribution in [0.15, 0.2) is 48.5 Å². The third-order valence-corrected chi connectivity index (χ3v) is 4.89. The first kappa shape index (κ1) is 17.2. The summed E-state index contributed by atoms with van der Waals surface area (Å²) < 4.78 is 0. The molecule has 5 nitrogen and oxygen atoms in total. The molecule has 0 saturated carbocycles. The summed E-state index contributed by atoms with van der Waals surface area (Å²) in [5.41, 5.74) is 4.73. The summed E-state index contributed by atoms with van der Waals surface area (Å²) in [6.45, 7) is 4.58. The molecule has 1 aliphatic heterocycles. The fourth-order valence-electron chi connectivity index (χ4n) is 3.49. The van der Waals surface area contributed by atoms with E-state index in [4.69, 9.17) is 0 Å². The molecule has 3 aromatic rings. The molecule has 0 spiro atoms. The second-order valence-corrected chi connectivity index (χ2v) is 6.97. The molecule has 0 unspecified atom stereocenters. The normalized spacial score (nSPS) is 14.0. The van der Waals surface area contributed by atoms with Crippen molar-refractivity contribution < 1.29 is 9.59 Å². The second-order valence-electron chi connectivity index (χ2n) is 6.97. The quantitative estimate of drug-likeness (QED) is 0.761. The Kier molecular flexibility index (Phi) is 4.36. The molecular formula is C22H21N3O2. The molecule has 1 N–H and O–H groups in total. The molecule has 1 aliphatic rings. The van der Waals surface area contributed by atoms with E-state index in [-0.39, 0.29) is 11.8 Å². The summed E-state index contributed by atoms with van der Waals surface area (Å²) in [5, 5.41) is 3.89. The Hall–Kier alpha value is -3.21. The number of hydrogen-bond acceptors (Lipinski definition) is 3. The Bertz CT molecular complexity index is 1060.